The van der Waals surface area contributed by atoms with E-state index in [0.29, 0.717) is 28.0 Å². The van der Waals surface area contributed by atoms with Gasteiger partial charge in [-0.3, -0.25) is 0 Å². The smallest absolute Gasteiger partial charge is 0.404 e. The van der Waals surface area contributed by atoms with Crippen molar-refractivity contribution in [2.24, 2.45) is 11.3 Å². The maximum atomic E-state index is 13.5. The van der Waals surface area contributed by atoms with Gasteiger partial charge in [-0.25, -0.2) is 19.2 Å². The van der Waals surface area contributed by atoms with Crippen molar-refractivity contribution >= 4 is 23.5 Å². The molecule has 1 atom stereocenters. The maximum absolute atomic E-state index is 13.5. The minimum absolute atomic E-state index is 0.0947. The van der Waals surface area contributed by atoms with E-state index in [2.05, 4.69) is 41.4 Å². The second kappa shape index (κ2) is 12.0. The average Bonchev–Trinajstić information content (AvgIpc) is 2.87. The van der Waals surface area contributed by atoms with E-state index in [1.54, 1.807) is 24.4 Å². The van der Waals surface area contributed by atoms with E-state index in [-0.39, 0.29) is 35.8 Å². The normalized spacial score (nSPS) is 18.4. The Morgan fingerprint density at radius 1 is 1.16 bits per heavy atom. The third kappa shape index (κ3) is 7.34. The molecule has 1 saturated carbocycles. The van der Waals surface area contributed by atoms with Crippen LogP contribution in [-0.2, 0) is 6.61 Å². The molecule has 2 heterocycles. The number of hydrogen-bond acceptors (Lipinski definition) is 5. The summed E-state index contributed by atoms with van der Waals surface area (Å²) in [4.78, 5) is 20.4. The molecule has 1 amide bonds. The summed E-state index contributed by atoms with van der Waals surface area (Å²) in [7, 11) is 0. The average molecular weight is 541 g/mol. The van der Waals surface area contributed by atoms with Crippen LogP contribution < -0.4 is 15.4 Å². The van der Waals surface area contributed by atoms with Crippen molar-refractivity contribution in [3.63, 3.8) is 0 Å². The van der Waals surface area contributed by atoms with Crippen LogP contribution in [0.2, 0.25) is 5.02 Å². The molecule has 3 aromatic rings. The highest BCUT2D eigenvalue weighted by Gasteiger charge is 2.36. The fraction of sp³-hybridized carbons (Fsp3) is 0.414. The molecule has 0 radical (unpaired) electrons. The summed E-state index contributed by atoms with van der Waals surface area (Å²) in [6, 6.07) is 13.7. The molecule has 1 unspecified atom stereocenters. The number of ether oxygens (including phenoxy) is 1. The van der Waals surface area contributed by atoms with Crippen LogP contribution in [0, 0.1) is 17.2 Å². The number of pyridine rings is 2. The third-order valence-electron chi connectivity index (χ3n) is 6.94. The second-order valence-corrected chi connectivity index (χ2v) is 11.3. The van der Waals surface area contributed by atoms with E-state index < -0.39 is 6.09 Å². The Balaban J connectivity index is 1.40. The number of nitrogens with one attached hydrogen (secondary N) is 2. The van der Waals surface area contributed by atoms with E-state index in [9.17, 15) is 14.3 Å². The zero-order valence-electron chi connectivity index (χ0n) is 21.9. The van der Waals surface area contributed by atoms with Gasteiger partial charge in [0.1, 0.15) is 18.2 Å². The number of benzene rings is 1. The number of aromatic nitrogens is 2. The lowest BCUT2D eigenvalue weighted by Crippen LogP contribution is -2.49. The maximum Gasteiger partial charge on any atom is 0.404 e. The monoisotopic (exact) mass is 540 g/mol. The summed E-state index contributed by atoms with van der Waals surface area (Å²) in [5, 5.41) is 16.1. The first kappa shape index (κ1) is 27.6. The number of anilines is 1. The van der Waals surface area contributed by atoms with Crippen molar-refractivity contribution in [1.82, 2.24) is 15.3 Å². The van der Waals surface area contributed by atoms with Gasteiger partial charge >= 0.3 is 6.09 Å². The van der Waals surface area contributed by atoms with Gasteiger partial charge in [0.25, 0.3) is 0 Å². The highest BCUT2D eigenvalue weighted by molar-refractivity contribution is 6.33. The van der Waals surface area contributed by atoms with E-state index >= 15 is 0 Å². The fourth-order valence-corrected chi connectivity index (χ4v) is 5.32. The lowest BCUT2D eigenvalue weighted by molar-refractivity contribution is 0.134. The molecule has 202 valence electrons. The van der Waals surface area contributed by atoms with Gasteiger partial charge in [0.2, 0.25) is 5.88 Å². The van der Waals surface area contributed by atoms with Crippen LogP contribution in [0.4, 0.5) is 15.0 Å². The van der Waals surface area contributed by atoms with Crippen LogP contribution >= 0.6 is 11.6 Å². The van der Waals surface area contributed by atoms with Gasteiger partial charge in [-0.1, -0.05) is 50.6 Å². The molecule has 0 saturated heterocycles. The molecular formula is C29H34ClFN4O3. The van der Waals surface area contributed by atoms with Gasteiger partial charge in [-0.2, -0.15) is 0 Å². The Kier molecular flexibility index (Phi) is 8.72. The van der Waals surface area contributed by atoms with Gasteiger partial charge in [-0.15, -0.1) is 0 Å². The highest BCUT2D eigenvalue weighted by atomic mass is 35.5. The Bertz CT molecular complexity index is 1260. The first-order valence-electron chi connectivity index (χ1n) is 12.8. The van der Waals surface area contributed by atoms with E-state index in [1.165, 1.54) is 12.1 Å². The predicted octanol–water partition coefficient (Wildman–Crippen LogP) is 7.17. The SMILES string of the molecule is CC(C)(C)C(NC(=O)O)C1CCC(Nc2cc(-c3cccc(OCc4cccc(F)c4)n3)c(Cl)cn2)CC1. The first-order valence-corrected chi connectivity index (χ1v) is 13.2. The van der Waals surface area contributed by atoms with E-state index in [1.807, 2.05) is 18.2 Å². The minimum Gasteiger partial charge on any atom is -0.473 e. The van der Waals surface area contributed by atoms with Crippen LogP contribution in [0.1, 0.15) is 52.0 Å². The van der Waals surface area contributed by atoms with Gasteiger partial charge in [-0.05, 0) is 66.8 Å². The lowest BCUT2D eigenvalue weighted by atomic mass is 9.72. The zero-order valence-corrected chi connectivity index (χ0v) is 22.6. The Hall–Kier alpha value is -3.39. The van der Waals surface area contributed by atoms with Gasteiger partial charge < -0.3 is 20.5 Å². The number of carboxylic acid groups (broad SMARTS) is 1. The van der Waals surface area contributed by atoms with Crippen molar-refractivity contribution in [2.75, 3.05) is 5.32 Å². The fourth-order valence-electron chi connectivity index (χ4n) is 5.12. The molecule has 38 heavy (non-hydrogen) atoms. The van der Waals surface area contributed by atoms with Crippen LogP contribution in [0.3, 0.4) is 0 Å². The van der Waals surface area contributed by atoms with Gasteiger partial charge in [0.15, 0.2) is 0 Å². The molecule has 7 nitrogen and oxygen atoms in total. The number of amides is 1. The van der Waals surface area contributed by atoms with Crippen LogP contribution in [-0.4, -0.2) is 33.3 Å². The van der Waals surface area contributed by atoms with Crippen LogP contribution in [0.25, 0.3) is 11.3 Å². The van der Waals surface area contributed by atoms with E-state index in [4.69, 9.17) is 16.3 Å². The zero-order chi connectivity index (χ0) is 27.3. The summed E-state index contributed by atoms with van der Waals surface area (Å²) >= 11 is 6.49. The molecule has 3 N–H and O–H groups in total. The van der Waals surface area contributed by atoms with Crippen molar-refractivity contribution < 1.29 is 19.0 Å². The Labute approximate surface area is 227 Å². The summed E-state index contributed by atoms with van der Waals surface area (Å²) < 4.78 is 19.2. The minimum atomic E-state index is -0.972. The predicted molar refractivity (Wildman–Crippen MR) is 147 cm³/mol. The summed E-state index contributed by atoms with van der Waals surface area (Å²) in [5.41, 5.74) is 1.94. The number of halogens is 2. The summed E-state index contributed by atoms with van der Waals surface area (Å²) in [5.74, 6) is 1.10. The second-order valence-electron chi connectivity index (χ2n) is 10.9. The van der Waals surface area contributed by atoms with Crippen molar-refractivity contribution in [3.8, 4) is 17.1 Å². The third-order valence-corrected chi connectivity index (χ3v) is 7.24. The molecule has 1 aliphatic rings. The van der Waals surface area contributed by atoms with Crippen LogP contribution in [0.15, 0.2) is 54.7 Å². The largest absolute Gasteiger partial charge is 0.473 e. The van der Waals surface area contributed by atoms with Crippen molar-refractivity contribution in [2.45, 2.75) is 65.1 Å². The molecule has 2 aromatic heterocycles. The molecule has 0 bridgehead atoms. The summed E-state index contributed by atoms with van der Waals surface area (Å²) in [6.07, 6.45) is 4.32. The van der Waals surface area contributed by atoms with E-state index in [0.717, 1.165) is 31.2 Å². The summed E-state index contributed by atoms with van der Waals surface area (Å²) in [6.45, 7) is 6.43. The van der Waals surface area contributed by atoms with Crippen molar-refractivity contribution in [1.29, 1.82) is 0 Å². The van der Waals surface area contributed by atoms with Crippen molar-refractivity contribution in [3.05, 3.63) is 71.1 Å². The number of carbonyl (C=O) groups is 1. The quantitative estimate of drug-likeness (QED) is 0.280. The first-order chi connectivity index (χ1) is 18.1. The van der Waals surface area contributed by atoms with Gasteiger partial charge in [0.05, 0.1) is 10.7 Å². The molecule has 9 heteroatoms. The molecule has 0 spiro atoms. The number of hydrogen-bond donors (Lipinski definition) is 3. The molecule has 1 fully saturated rings. The standard InChI is InChI=1S/C29H34ClFN4O3/c1-29(2,3)27(35-28(36)37)19-10-12-21(13-11-19)33-25-15-22(23(30)16-32-25)24-8-5-9-26(34-24)38-17-18-6-4-7-20(31)14-18/h4-9,14-16,19,21,27,35H,10-13,17H2,1-3H3,(H,32,33)(H,36,37). The molecule has 1 aromatic carbocycles. The molecular weight excluding hydrogens is 507 g/mol. The Morgan fingerprint density at radius 2 is 1.89 bits per heavy atom. The van der Waals surface area contributed by atoms with Gasteiger partial charge in [0, 0.05) is 29.9 Å². The lowest BCUT2D eigenvalue weighted by Gasteiger charge is -2.40. The number of nitrogens with zero attached hydrogens (tertiary/aromatic N) is 2. The highest BCUT2D eigenvalue weighted by Crippen LogP contribution is 2.36. The molecule has 0 aliphatic heterocycles. The topological polar surface area (TPSA) is 96.4 Å². The Morgan fingerprint density at radius 3 is 2.58 bits per heavy atom. The molecule has 4 rings (SSSR count). The molecule has 1 aliphatic carbocycles. The number of rotatable bonds is 8. The van der Waals surface area contributed by atoms with Crippen LogP contribution in [0.5, 0.6) is 5.88 Å².